The Morgan fingerprint density at radius 1 is 0.318 bits per heavy atom. The highest BCUT2D eigenvalue weighted by Gasteiger charge is 2.19. The minimum absolute atomic E-state index is 0.121. The van der Waals surface area contributed by atoms with E-state index in [-0.39, 0.29) is 37.5 Å². The van der Waals surface area contributed by atoms with Crippen LogP contribution in [0.15, 0.2) is 146 Å². The van der Waals surface area contributed by atoms with Crippen molar-refractivity contribution in [3.05, 3.63) is 146 Å². The van der Waals surface area contributed by atoms with E-state index in [9.17, 15) is 14.4 Å². The number of hydrogen-bond acceptors (Lipinski definition) is 6. The molecule has 66 heavy (non-hydrogen) atoms. The van der Waals surface area contributed by atoms with Crippen molar-refractivity contribution in [1.29, 1.82) is 0 Å². The lowest BCUT2D eigenvalue weighted by Crippen LogP contribution is -2.30. The average molecular weight is 909 g/mol. The second kappa shape index (κ2) is 52.9. The van der Waals surface area contributed by atoms with Gasteiger partial charge in [0, 0.05) is 19.3 Å². The van der Waals surface area contributed by atoms with Crippen LogP contribution in [0.25, 0.3) is 0 Å². The number of carbonyl (C=O) groups excluding carboxylic acids is 3. The molecule has 0 aromatic rings. The zero-order valence-electron chi connectivity index (χ0n) is 41.9. The molecule has 1 unspecified atom stereocenters. The van der Waals surface area contributed by atoms with Gasteiger partial charge in [-0.15, -0.1) is 0 Å². The molecule has 0 aromatic carbocycles. The Labute approximate surface area is 404 Å². The van der Waals surface area contributed by atoms with Gasteiger partial charge in [0.15, 0.2) is 6.10 Å². The van der Waals surface area contributed by atoms with Crippen molar-refractivity contribution >= 4 is 17.9 Å². The summed E-state index contributed by atoms with van der Waals surface area (Å²) in [7, 11) is 0. The fourth-order valence-corrected chi connectivity index (χ4v) is 6.47. The molecule has 6 heteroatoms. The lowest BCUT2D eigenvalue weighted by molar-refractivity contribution is -0.167. The largest absolute Gasteiger partial charge is 0.462 e. The molecular weight excluding hydrogens is 817 g/mol. The van der Waals surface area contributed by atoms with Crippen LogP contribution in [-0.4, -0.2) is 37.2 Å². The molecule has 368 valence electrons. The highest BCUT2D eigenvalue weighted by molar-refractivity contribution is 5.71. The van der Waals surface area contributed by atoms with Crippen LogP contribution in [0.1, 0.15) is 194 Å². The lowest BCUT2D eigenvalue weighted by atomic mass is 10.1. The Kier molecular flexibility index (Phi) is 49.1. The number of hydrogen-bond donors (Lipinski definition) is 0. The fourth-order valence-electron chi connectivity index (χ4n) is 6.47. The average Bonchev–Trinajstić information content (AvgIpc) is 3.31. The monoisotopic (exact) mass is 909 g/mol. The van der Waals surface area contributed by atoms with Gasteiger partial charge in [-0.2, -0.15) is 0 Å². The van der Waals surface area contributed by atoms with E-state index in [0.717, 1.165) is 116 Å². The van der Waals surface area contributed by atoms with E-state index in [1.807, 2.05) is 72.9 Å². The summed E-state index contributed by atoms with van der Waals surface area (Å²) >= 11 is 0. The molecule has 1 atom stereocenters. The van der Waals surface area contributed by atoms with Gasteiger partial charge in [0.2, 0.25) is 0 Å². The summed E-state index contributed by atoms with van der Waals surface area (Å²) in [5.41, 5.74) is 0. The first-order valence-electron chi connectivity index (χ1n) is 26.0. The van der Waals surface area contributed by atoms with Gasteiger partial charge in [0.25, 0.3) is 0 Å². The maximum atomic E-state index is 12.8. The Morgan fingerprint density at radius 3 is 0.939 bits per heavy atom. The quantitative estimate of drug-likeness (QED) is 0.0262. The van der Waals surface area contributed by atoms with Gasteiger partial charge in [-0.25, -0.2) is 0 Å². The first kappa shape index (κ1) is 61.3. The molecule has 0 aliphatic rings. The van der Waals surface area contributed by atoms with Crippen LogP contribution >= 0.6 is 0 Å². The van der Waals surface area contributed by atoms with E-state index in [2.05, 4.69) is 93.7 Å². The van der Waals surface area contributed by atoms with Crippen LogP contribution in [0, 0.1) is 0 Å². The molecule has 0 aromatic heterocycles. The fraction of sp³-hybridized carbons (Fsp3) is 0.550. The Hall–Kier alpha value is -4.71. The van der Waals surface area contributed by atoms with Crippen molar-refractivity contribution in [2.75, 3.05) is 13.2 Å². The van der Waals surface area contributed by atoms with Crippen molar-refractivity contribution in [1.82, 2.24) is 0 Å². The normalized spacial score (nSPS) is 13.3. The highest BCUT2D eigenvalue weighted by atomic mass is 16.6. The standard InChI is InChI=1S/C60H92O6/c1-4-7-10-13-16-19-22-25-28-29-30-33-35-38-41-44-47-50-53-59(62)65-56-57(66-60(63)54-51-48-45-42-39-36-32-27-24-21-18-15-12-9-6-3)55-64-58(61)52-49-46-43-40-37-34-31-26-23-20-17-14-11-8-5-2/h8-9,11-12,14-15,17-18,20-33,36,39,57H,4-7,10,13,16,19,34-35,37-38,40-56H2,1-3H3/b11-8-,12-9-,17-14-,18-15-,23-20-,24-21-,25-22-,29-28-,31-26-,32-27-,33-30-,39-36-. The number of allylic oxidation sites excluding steroid dienone is 24. The summed E-state index contributed by atoms with van der Waals surface area (Å²) in [6.45, 7) is 6.24. The summed E-state index contributed by atoms with van der Waals surface area (Å²) in [6, 6.07) is 0. The molecule has 0 spiro atoms. The van der Waals surface area contributed by atoms with E-state index in [0.29, 0.717) is 19.3 Å². The van der Waals surface area contributed by atoms with Gasteiger partial charge in [-0.05, 0) is 83.5 Å². The van der Waals surface area contributed by atoms with E-state index in [4.69, 9.17) is 14.2 Å². The van der Waals surface area contributed by atoms with Crippen molar-refractivity contribution in [3.8, 4) is 0 Å². The SMILES string of the molecule is CC\C=C/C=C\C=C/C=C\C=C/CCCCCC(=O)OC(COC(=O)CCCCCCC\C=C/C=C\C=C/C=C\CC)COC(=O)CCCCCCC\C=C/C=C\C=C/CCCCCCC. The minimum atomic E-state index is -0.825. The Bertz CT molecular complexity index is 1510. The smallest absolute Gasteiger partial charge is 0.306 e. The number of carbonyl (C=O) groups is 3. The molecule has 0 aliphatic heterocycles. The van der Waals surface area contributed by atoms with Gasteiger partial charge in [0.05, 0.1) is 0 Å². The third-order valence-corrected chi connectivity index (χ3v) is 10.3. The summed E-state index contributed by atoms with van der Waals surface area (Å²) in [6.07, 6.45) is 75.4. The maximum Gasteiger partial charge on any atom is 0.306 e. The van der Waals surface area contributed by atoms with E-state index < -0.39 is 6.10 Å². The Balaban J connectivity index is 4.58. The predicted molar refractivity (Wildman–Crippen MR) is 283 cm³/mol. The van der Waals surface area contributed by atoms with Gasteiger partial charge in [-0.3, -0.25) is 14.4 Å². The molecule has 0 N–H and O–H groups in total. The van der Waals surface area contributed by atoms with Crippen LogP contribution < -0.4 is 0 Å². The summed E-state index contributed by atoms with van der Waals surface area (Å²) in [4.78, 5) is 38.0. The molecule has 0 amide bonds. The molecule has 0 fully saturated rings. The van der Waals surface area contributed by atoms with Gasteiger partial charge in [0.1, 0.15) is 13.2 Å². The number of rotatable bonds is 44. The van der Waals surface area contributed by atoms with E-state index >= 15 is 0 Å². The van der Waals surface area contributed by atoms with Crippen molar-refractivity contribution in [3.63, 3.8) is 0 Å². The third kappa shape index (κ3) is 50.3. The molecule has 0 rings (SSSR count). The summed E-state index contributed by atoms with van der Waals surface area (Å²) in [5.74, 6) is -1.02. The minimum Gasteiger partial charge on any atom is -0.462 e. The van der Waals surface area contributed by atoms with Crippen LogP contribution in [0.2, 0.25) is 0 Å². The van der Waals surface area contributed by atoms with E-state index in [1.165, 1.54) is 32.1 Å². The van der Waals surface area contributed by atoms with Crippen molar-refractivity contribution < 1.29 is 28.6 Å². The topological polar surface area (TPSA) is 78.9 Å². The number of esters is 3. The highest BCUT2D eigenvalue weighted by Crippen LogP contribution is 2.12. The van der Waals surface area contributed by atoms with Crippen molar-refractivity contribution in [2.45, 2.75) is 200 Å². The van der Waals surface area contributed by atoms with Crippen LogP contribution in [0.4, 0.5) is 0 Å². The molecule has 0 saturated heterocycles. The van der Waals surface area contributed by atoms with Gasteiger partial charge < -0.3 is 14.2 Å². The molecular formula is C60H92O6. The molecule has 0 heterocycles. The first-order chi connectivity index (χ1) is 32.5. The van der Waals surface area contributed by atoms with E-state index in [1.54, 1.807) is 0 Å². The zero-order valence-corrected chi connectivity index (χ0v) is 41.9. The Morgan fingerprint density at radius 2 is 0.591 bits per heavy atom. The lowest BCUT2D eigenvalue weighted by Gasteiger charge is -2.18. The second-order valence-corrected chi connectivity index (χ2v) is 16.6. The van der Waals surface area contributed by atoms with Crippen molar-refractivity contribution in [2.24, 2.45) is 0 Å². The first-order valence-corrected chi connectivity index (χ1v) is 26.0. The maximum absolute atomic E-state index is 12.8. The third-order valence-electron chi connectivity index (χ3n) is 10.3. The molecule has 0 radical (unpaired) electrons. The molecule has 6 nitrogen and oxygen atoms in total. The molecule has 0 bridgehead atoms. The number of ether oxygens (including phenoxy) is 3. The van der Waals surface area contributed by atoms with Crippen LogP contribution in [0.5, 0.6) is 0 Å². The van der Waals surface area contributed by atoms with Crippen LogP contribution in [0.3, 0.4) is 0 Å². The summed E-state index contributed by atoms with van der Waals surface area (Å²) < 4.78 is 16.7. The van der Waals surface area contributed by atoms with Gasteiger partial charge >= 0.3 is 17.9 Å². The molecule has 0 saturated carbocycles. The second-order valence-electron chi connectivity index (χ2n) is 16.6. The van der Waals surface area contributed by atoms with Crippen LogP contribution in [-0.2, 0) is 28.6 Å². The predicted octanol–water partition coefficient (Wildman–Crippen LogP) is 17.3. The summed E-state index contributed by atoms with van der Waals surface area (Å²) in [5, 5.41) is 0. The molecule has 0 aliphatic carbocycles. The zero-order chi connectivity index (χ0) is 47.9. The number of unbranched alkanes of at least 4 members (excludes halogenated alkanes) is 18. The van der Waals surface area contributed by atoms with Gasteiger partial charge in [-0.1, -0.05) is 237 Å².